The maximum atomic E-state index is 13.1. The van der Waals surface area contributed by atoms with Gasteiger partial charge in [-0.2, -0.15) is 0 Å². The molecule has 1 aromatic carbocycles. The fourth-order valence-corrected chi connectivity index (χ4v) is 5.08. The fraction of sp³-hybridized carbons (Fsp3) is 0.476. The molecule has 2 amide bonds. The largest absolute Gasteiger partial charge is 0.378 e. The van der Waals surface area contributed by atoms with Crippen molar-refractivity contribution >= 4 is 34.8 Å². The summed E-state index contributed by atoms with van der Waals surface area (Å²) in [4.78, 5) is 34.8. The summed E-state index contributed by atoms with van der Waals surface area (Å²) < 4.78 is 5.33. The molecule has 0 atom stereocenters. The van der Waals surface area contributed by atoms with E-state index in [0.717, 1.165) is 16.3 Å². The van der Waals surface area contributed by atoms with Crippen molar-refractivity contribution in [3.05, 3.63) is 39.9 Å². The molecule has 0 unspecified atom stereocenters. The number of aromatic nitrogens is 1. The summed E-state index contributed by atoms with van der Waals surface area (Å²) in [5.41, 5.74) is 1.65. The summed E-state index contributed by atoms with van der Waals surface area (Å²) in [7, 11) is 0. The van der Waals surface area contributed by atoms with Gasteiger partial charge in [0.2, 0.25) is 5.91 Å². The van der Waals surface area contributed by atoms with Crippen LogP contribution in [0.2, 0.25) is 5.02 Å². The number of aryl methyl sites for hydroxylation is 1. The third-order valence-electron chi connectivity index (χ3n) is 5.52. The lowest BCUT2D eigenvalue weighted by atomic mass is 9.95. The molecule has 2 aromatic rings. The summed E-state index contributed by atoms with van der Waals surface area (Å²) in [6.45, 7) is 5.64. The molecular weight excluding hydrogens is 410 g/mol. The first-order chi connectivity index (χ1) is 14.0. The Morgan fingerprint density at radius 2 is 1.86 bits per heavy atom. The summed E-state index contributed by atoms with van der Waals surface area (Å²) in [5.74, 6) is 0.213. The number of hydrogen-bond donors (Lipinski definition) is 0. The lowest BCUT2D eigenvalue weighted by Gasteiger charge is -2.35. The zero-order valence-corrected chi connectivity index (χ0v) is 18.0. The number of nitrogens with zero attached hydrogens (tertiary/aromatic N) is 3. The van der Waals surface area contributed by atoms with Gasteiger partial charge in [-0.1, -0.05) is 23.7 Å². The van der Waals surface area contributed by atoms with E-state index in [1.807, 2.05) is 41.0 Å². The van der Waals surface area contributed by atoms with Crippen molar-refractivity contribution in [2.75, 3.05) is 39.4 Å². The molecule has 4 rings (SSSR count). The molecule has 0 radical (unpaired) electrons. The third kappa shape index (κ3) is 4.47. The molecule has 29 heavy (non-hydrogen) atoms. The zero-order chi connectivity index (χ0) is 20.4. The van der Waals surface area contributed by atoms with E-state index >= 15 is 0 Å². The van der Waals surface area contributed by atoms with Gasteiger partial charge in [0, 0.05) is 42.7 Å². The minimum absolute atomic E-state index is 0.00160. The molecule has 0 bridgehead atoms. The second kappa shape index (κ2) is 8.81. The minimum Gasteiger partial charge on any atom is -0.378 e. The number of thiazole rings is 1. The minimum atomic E-state index is 0.00160. The smallest absolute Gasteiger partial charge is 0.265 e. The normalized spacial score (nSPS) is 18.1. The molecule has 0 saturated carbocycles. The van der Waals surface area contributed by atoms with E-state index in [1.54, 1.807) is 0 Å². The number of benzene rings is 1. The Hall–Kier alpha value is -1.96. The molecule has 154 valence electrons. The highest BCUT2D eigenvalue weighted by Gasteiger charge is 2.32. The summed E-state index contributed by atoms with van der Waals surface area (Å²) in [6, 6.07) is 7.50. The van der Waals surface area contributed by atoms with E-state index < -0.39 is 0 Å². The SMILES string of the molecule is Cc1nc(-c2cccc(Cl)c2)sc1C(=O)N1CCC(C(=O)N2CCOCC2)CC1. The molecule has 0 N–H and O–H groups in total. The van der Waals surface area contributed by atoms with Crippen LogP contribution in [0, 0.1) is 12.8 Å². The third-order valence-corrected chi connectivity index (χ3v) is 6.95. The maximum absolute atomic E-state index is 13.1. The molecule has 0 aliphatic carbocycles. The van der Waals surface area contributed by atoms with Crippen LogP contribution in [-0.4, -0.2) is 66.0 Å². The monoisotopic (exact) mass is 433 g/mol. The average molecular weight is 434 g/mol. The van der Waals surface area contributed by atoms with Crippen molar-refractivity contribution in [2.24, 2.45) is 5.92 Å². The maximum Gasteiger partial charge on any atom is 0.265 e. The predicted molar refractivity (Wildman–Crippen MR) is 113 cm³/mol. The van der Waals surface area contributed by atoms with E-state index in [2.05, 4.69) is 4.98 Å². The number of hydrogen-bond acceptors (Lipinski definition) is 5. The standard InChI is InChI=1S/C21H24ClN3O3S/c1-14-18(29-19(23-14)16-3-2-4-17(22)13-16)21(27)24-7-5-15(6-8-24)20(26)25-9-11-28-12-10-25/h2-4,13,15H,5-12H2,1H3. The van der Waals surface area contributed by atoms with Gasteiger partial charge in [0.25, 0.3) is 5.91 Å². The summed E-state index contributed by atoms with van der Waals surface area (Å²) >= 11 is 7.49. The van der Waals surface area contributed by atoms with Crippen molar-refractivity contribution < 1.29 is 14.3 Å². The second-order valence-corrected chi connectivity index (χ2v) is 8.88. The van der Waals surface area contributed by atoms with E-state index in [-0.39, 0.29) is 17.7 Å². The molecule has 3 heterocycles. The Labute approximate surface area is 179 Å². The Kier molecular flexibility index (Phi) is 6.18. The van der Waals surface area contributed by atoms with Crippen molar-refractivity contribution in [1.82, 2.24) is 14.8 Å². The van der Waals surface area contributed by atoms with Crippen LogP contribution < -0.4 is 0 Å². The van der Waals surface area contributed by atoms with Gasteiger partial charge in [-0.15, -0.1) is 11.3 Å². The quantitative estimate of drug-likeness (QED) is 0.743. The number of amides is 2. The molecule has 2 aliphatic heterocycles. The topological polar surface area (TPSA) is 62.7 Å². The number of ether oxygens (including phenoxy) is 1. The van der Waals surface area contributed by atoms with Gasteiger partial charge < -0.3 is 14.5 Å². The van der Waals surface area contributed by atoms with E-state index in [4.69, 9.17) is 16.3 Å². The average Bonchev–Trinajstić information content (AvgIpc) is 3.15. The van der Waals surface area contributed by atoms with Gasteiger partial charge in [0.15, 0.2) is 0 Å². The Morgan fingerprint density at radius 3 is 2.55 bits per heavy atom. The van der Waals surface area contributed by atoms with Crippen LogP contribution in [-0.2, 0) is 9.53 Å². The Bertz CT molecular complexity index is 902. The van der Waals surface area contributed by atoms with Gasteiger partial charge in [0.1, 0.15) is 9.88 Å². The molecule has 0 spiro atoms. The van der Waals surface area contributed by atoms with Crippen LogP contribution in [0.4, 0.5) is 0 Å². The zero-order valence-electron chi connectivity index (χ0n) is 16.4. The van der Waals surface area contributed by atoms with Crippen molar-refractivity contribution in [3.63, 3.8) is 0 Å². The number of piperidine rings is 1. The molecule has 6 nitrogen and oxygen atoms in total. The molecule has 8 heteroatoms. The first-order valence-corrected chi connectivity index (χ1v) is 11.1. The van der Waals surface area contributed by atoms with Crippen molar-refractivity contribution in [3.8, 4) is 10.6 Å². The molecule has 1 aromatic heterocycles. The first-order valence-electron chi connectivity index (χ1n) is 9.92. The van der Waals surface area contributed by atoms with Crippen LogP contribution in [0.3, 0.4) is 0 Å². The number of carbonyl (C=O) groups is 2. The van der Waals surface area contributed by atoms with Gasteiger partial charge in [-0.05, 0) is 31.9 Å². The summed E-state index contributed by atoms with van der Waals surface area (Å²) in [6.07, 6.45) is 1.42. The van der Waals surface area contributed by atoms with Gasteiger partial charge in [0.05, 0.1) is 18.9 Å². The molecular formula is C21H24ClN3O3S. The number of morpholine rings is 1. The number of halogens is 1. The van der Waals surface area contributed by atoms with Crippen molar-refractivity contribution in [2.45, 2.75) is 19.8 Å². The highest BCUT2D eigenvalue weighted by atomic mass is 35.5. The molecule has 2 saturated heterocycles. The number of likely N-dealkylation sites (tertiary alicyclic amines) is 1. The van der Waals surface area contributed by atoms with Gasteiger partial charge in [-0.25, -0.2) is 4.98 Å². The van der Waals surface area contributed by atoms with Crippen LogP contribution in [0.1, 0.15) is 28.2 Å². The Morgan fingerprint density at radius 1 is 1.14 bits per heavy atom. The van der Waals surface area contributed by atoms with Crippen LogP contribution in [0.15, 0.2) is 24.3 Å². The fourth-order valence-electron chi connectivity index (χ4n) is 3.85. The van der Waals surface area contributed by atoms with Gasteiger partial charge >= 0.3 is 0 Å². The Balaban J connectivity index is 1.40. The van der Waals surface area contributed by atoms with E-state index in [1.165, 1.54) is 11.3 Å². The van der Waals surface area contributed by atoms with Crippen LogP contribution >= 0.6 is 22.9 Å². The van der Waals surface area contributed by atoms with E-state index in [0.29, 0.717) is 62.1 Å². The van der Waals surface area contributed by atoms with Crippen molar-refractivity contribution in [1.29, 1.82) is 0 Å². The summed E-state index contributed by atoms with van der Waals surface area (Å²) in [5, 5.41) is 1.45. The van der Waals surface area contributed by atoms with Crippen LogP contribution in [0.25, 0.3) is 10.6 Å². The molecule has 2 aliphatic rings. The van der Waals surface area contributed by atoms with Crippen LogP contribution in [0.5, 0.6) is 0 Å². The predicted octanol–water partition coefficient (Wildman–Crippen LogP) is 3.48. The second-order valence-electron chi connectivity index (χ2n) is 7.45. The van der Waals surface area contributed by atoms with Gasteiger partial charge in [-0.3, -0.25) is 9.59 Å². The van der Waals surface area contributed by atoms with E-state index in [9.17, 15) is 9.59 Å². The number of rotatable bonds is 3. The highest BCUT2D eigenvalue weighted by molar-refractivity contribution is 7.17. The highest BCUT2D eigenvalue weighted by Crippen LogP contribution is 2.31. The first kappa shape index (κ1) is 20.3. The lowest BCUT2D eigenvalue weighted by Crippen LogP contribution is -2.47. The lowest BCUT2D eigenvalue weighted by molar-refractivity contribution is -0.141. The number of carbonyl (C=O) groups excluding carboxylic acids is 2. The molecule has 2 fully saturated rings.